The fourth-order valence-corrected chi connectivity index (χ4v) is 2.11. The van der Waals surface area contributed by atoms with Crippen LogP contribution in [-0.4, -0.2) is 35.8 Å². The smallest absolute Gasteiger partial charge is 0.0485 e. The van der Waals surface area contributed by atoms with E-state index in [-0.39, 0.29) is 0 Å². The summed E-state index contributed by atoms with van der Waals surface area (Å²) in [5, 5.41) is 10.4. The molecule has 2 rings (SSSR count). The predicted octanol–water partition coefficient (Wildman–Crippen LogP) is 1.50. The number of hydrogen-bond donors (Lipinski definition) is 1. The van der Waals surface area contributed by atoms with Crippen LogP contribution in [0.4, 0.5) is 0 Å². The highest BCUT2D eigenvalue weighted by Gasteiger charge is 2.13. The van der Waals surface area contributed by atoms with Gasteiger partial charge in [-0.2, -0.15) is 5.06 Å². The second-order valence-corrected chi connectivity index (χ2v) is 4.41. The molecule has 0 radical (unpaired) electrons. The van der Waals surface area contributed by atoms with Gasteiger partial charge in [0, 0.05) is 26.7 Å². The molecule has 3 heteroatoms. The first-order valence-corrected chi connectivity index (χ1v) is 5.34. The van der Waals surface area contributed by atoms with E-state index in [1.165, 1.54) is 21.8 Å². The number of likely N-dealkylation sites (N-methyl/N-ethyl adjacent to an activating group) is 1. The van der Waals surface area contributed by atoms with Gasteiger partial charge in [-0.05, 0) is 30.2 Å². The lowest BCUT2D eigenvalue weighted by Crippen LogP contribution is -2.26. The molecule has 0 saturated heterocycles. The van der Waals surface area contributed by atoms with Gasteiger partial charge in [-0.1, -0.05) is 18.2 Å². The van der Waals surface area contributed by atoms with Crippen molar-refractivity contribution < 1.29 is 5.21 Å². The quantitative estimate of drug-likeness (QED) is 0.743. The molecule has 1 aromatic carbocycles. The molecule has 0 amide bonds. The van der Waals surface area contributed by atoms with Gasteiger partial charge in [0.1, 0.15) is 0 Å². The zero-order valence-corrected chi connectivity index (χ0v) is 9.40. The number of nitrogens with zero attached hydrogens (tertiary/aromatic N) is 2. The van der Waals surface area contributed by atoms with E-state index in [0.29, 0.717) is 6.54 Å². The van der Waals surface area contributed by atoms with E-state index in [1.54, 1.807) is 7.05 Å². The van der Waals surface area contributed by atoms with Crippen molar-refractivity contribution in [3.63, 3.8) is 0 Å². The van der Waals surface area contributed by atoms with Crippen molar-refractivity contribution in [3.8, 4) is 0 Å². The zero-order valence-electron chi connectivity index (χ0n) is 9.40. The molecule has 3 nitrogen and oxygen atoms in total. The molecule has 0 spiro atoms. The van der Waals surface area contributed by atoms with Gasteiger partial charge < -0.3 is 10.1 Å². The van der Waals surface area contributed by atoms with Crippen molar-refractivity contribution in [3.05, 3.63) is 34.9 Å². The Labute approximate surface area is 90.9 Å². The van der Waals surface area contributed by atoms with E-state index in [1.807, 2.05) is 0 Å². The van der Waals surface area contributed by atoms with Crippen LogP contribution in [0, 0.1) is 0 Å². The van der Waals surface area contributed by atoms with E-state index in [4.69, 9.17) is 0 Å². The number of benzene rings is 1. The molecular formula is C12H18N2O. The van der Waals surface area contributed by atoms with Gasteiger partial charge in [0.25, 0.3) is 0 Å². The largest absolute Gasteiger partial charge is 0.314 e. The maximum absolute atomic E-state index is 9.18. The monoisotopic (exact) mass is 206 g/mol. The van der Waals surface area contributed by atoms with Crippen molar-refractivity contribution in [1.82, 2.24) is 9.96 Å². The van der Waals surface area contributed by atoms with E-state index in [2.05, 4.69) is 30.1 Å². The van der Waals surface area contributed by atoms with Crippen molar-refractivity contribution >= 4 is 0 Å². The third kappa shape index (κ3) is 2.56. The van der Waals surface area contributed by atoms with Crippen LogP contribution < -0.4 is 0 Å². The first-order valence-electron chi connectivity index (χ1n) is 5.34. The maximum atomic E-state index is 9.18. The lowest BCUT2D eigenvalue weighted by atomic mass is 9.97. The second-order valence-electron chi connectivity index (χ2n) is 4.41. The summed E-state index contributed by atoms with van der Waals surface area (Å²) < 4.78 is 0. The SMILES string of the molecule is CN(O)Cc1ccc2c(c1)CCN(C)C2. The summed E-state index contributed by atoms with van der Waals surface area (Å²) in [6, 6.07) is 6.50. The minimum absolute atomic E-state index is 0.600. The van der Waals surface area contributed by atoms with Gasteiger partial charge in [0.15, 0.2) is 0 Å². The summed E-state index contributed by atoms with van der Waals surface area (Å²) in [6.45, 7) is 2.78. The molecule has 1 aliphatic rings. The Morgan fingerprint density at radius 3 is 2.93 bits per heavy atom. The average Bonchev–Trinajstić information content (AvgIpc) is 2.17. The van der Waals surface area contributed by atoms with Crippen LogP contribution in [0.25, 0.3) is 0 Å². The fourth-order valence-electron chi connectivity index (χ4n) is 2.11. The van der Waals surface area contributed by atoms with E-state index >= 15 is 0 Å². The van der Waals surface area contributed by atoms with Gasteiger partial charge in [-0.25, -0.2) is 0 Å². The van der Waals surface area contributed by atoms with Crippen molar-refractivity contribution in [2.45, 2.75) is 19.5 Å². The molecule has 0 unspecified atom stereocenters. The molecule has 1 heterocycles. The van der Waals surface area contributed by atoms with Crippen LogP contribution in [0.2, 0.25) is 0 Å². The number of rotatable bonds is 2. The summed E-state index contributed by atoms with van der Waals surface area (Å²) in [7, 11) is 3.82. The highest BCUT2D eigenvalue weighted by Crippen LogP contribution is 2.19. The molecule has 1 N–H and O–H groups in total. The van der Waals surface area contributed by atoms with Crippen molar-refractivity contribution in [2.75, 3.05) is 20.6 Å². The minimum atomic E-state index is 0.600. The molecule has 0 atom stereocenters. The van der Waals surface area contributed by atoms with Crippen LogP contribution in [0.5, 0.6) is 0 Å². The summed E-state index contributed by atoms with van der Waals surface area (Å²) in [5.74, 6) is 0. The molecular weight excluding hydrogens is 188 g/mol. The highest BCUT2D eigenvalue weighted by molar-refractivity contribution is 5.33. The first-order chi connectivity index (χ1) is 7.15. The molecule has 15 heavy (non-hydrogen) atoms. The Morgan fingerprint density at radius 2 is 2.20 bits per heavy atom. The fraction of sp³-hybridized carbons (Fsp3) is 0.500. The summed E-state index contributed by atoms with van der Waals surface area (Å²) >= 11 is 0. The van der Waals surface area contributed by atoms with Gasteiger partial charge in [-0.15, -0.1) is 0 Å². The van der Waals surface area contributed by atoms with Crippen LogP contribution in [0.1, 0.15) is 16.7 Å². The lowest BCUT2D eigenvalue weighted by molar-refractivity contribution is -0.0731. The molecule has 0 aromatic heterocycles. The maximum Gasteiger partial charge on any atom is 0.0485 e. The van der Waals surface area contributed by atoms with Crippen LogP contribution in [0.15, 0.2) is 18.2 Å². The van der Waals surface area contributed by atoms with Gasteiger partial charge in [0.05, 0.1) is 0 Å². The normalized spacial score (nSPS) is 16.8. The summed E-state index contributed by atoms with van der Waals surface area (Å²) in [4.78, 5) is 2.33. The molecule has 0 fully saturated rings. The van der Waals surface area contributed by atoms with E-state index in [9.17, 15) is 5.21 Å². The number of hydroxylamine groups is 2. The van der Waals surface area contributed by atoms with Crippen molar-refractivity contribution in [2.24, 2.45) is 0 Å². The first kappa shape index (κ1) is 10.6. The summed E-state index contributed by atoms with van der Waals surface area (Å²) in [5.41, 5.74) is 4.05. The second kappa shape index (κ2) is 4.31. The van der Waals surface area contributed by atoms with E-state index < -0.39 is 0 Å². The summed E-state index contributed by atoms with van der Waals surface area (Å²) in [6.07, 6.45) is 1.12. The standard InChI is InChI=1S/C12H18N2O/c1-13-6-5-11-7-10(8-14(2)15)3-4-12(11)9-13/h3-4,7,15H,5-6,8-9H2,1-2H3. The Bertz CT molecular complexity index is 349. The molecule has 0 bridgehead atoms. The molecule has 1 aromatic rings. The Hall–Kier alpha value is -0.900. The third-order valence-electron chi connectivity index (χ3n) is 2.89. The van der Waals surface area contributed by atoms with Crippen LogP contribution >= 0.6 is 0 Å². The lowest BCUT2D eigenvalue weighted by Gasteiger charge is -2.25. The predicted molar refractivity (Wildman–Crippen MR) is 59.7 cm³/mol. The Kier molecular flexibility index (Phi) is 3.05. The molecule has 1 aliphatic heterocycles. The topological polar surface area (TPSA) is 26.7 Å². The third-order valence-corrected chi connectivity index (χ3v) is 2.89. The molecule has 82 valence electrons. The Balaban J connectivity index is 2.19. The highest BCUT2D eigenvalue weighted by atomic mass is 16.5. The number of fused-ring (bicyclic) bond motifs is 1. The van der Waals surface area contributed by atoms with E-state index in [0.717, 1.165) is 19.5 Å². The Morgan fingerprint density at radius 1 is 1.40 bits per heavy atom. The van der Waals surface area contributed by atoms with Gasteiger partial charge in [0.2, 0.25) is 0 Å². The van der Waals surface area contributed by atoms with Gasteiger partial charge in [-0.3, -0.25) is 0 Å². The zero-order chi connectivity index (χ0) is 10.8. The van der Waals surface area contributed by atoms with Crippen molar-refractivity contribution in [1.29, 1.82) is 0 Å². The van der Waals surface area contributed by atoms with Gasteiger partial charge >= 0.3 is 0 Å². The minimum Gasteiger partial charge on any atom is -0.314 e. The molecule has 0 saturated carbocycles. The van der Waals surface area contributed by atoms with Crippen LogP contribution in [-0.2, 0) is 19.5 Å². The average molecular weight is 206 g/mol. The molecule has 0 aliphatic carbocycles. The number of hydrogen-bond acceptors (Lipinski definition) is 3. The van der Waals surface area contributed by atoms with Crippen LogP contribution in [0.3, 0.4) is 0 Å².